The Hall–Kier alpha value is 1.13. The molecule has 1 aliphatic heterocycles. The Balaban J connectivity index is 2.43. The van der Waals surface area contributed by atoms with Crippen LogP contribution in [0, 0.1) is 0 Å². The molecule has 0 aromatic rings. The van der Waals surface area contributed by atoms with Crippen LogP contribution in [0.15, 0.2) is 0 Å². The minimum atomic E-state index is 0.254. The molecule has 0 spiro atoms. The van der Waals surface area contributed by atoms with Crippen molar-refractivity contribution in [1.29, 1.82) is 0 Å². The van der Waals surface area contributed by atoms with E-state index < -0.39 is 0 Å². The summed E-state index contributed by atoms with van der Waals surface area (Å²) in [6.07, 6.45) is 1.40. The molecular formula is C8H17PS2. The summed E-state index contributed by atoms with van der Waals surface area (Å²) >= 11 is 4.38. The molecule has 0 N–H and O–H groups in total. The molecule has 66 valence electrons. The first-order valence-electron chi connectivity index (χ1n) is 4.07. The van der Waals surface area contributed by atoms with Crippen LogP contribution in [-0.4, -0.2) is 28.2 Å². The quantitative estimate of drug-likeness (QED) is 0.603. The van der Waals surface area contributed by atoms with E-state index >= 15 is 0 Å². The van der Waals surface area contributed by atoms with Gasteiger partial charge in [-0.15, -0.1) is 23.5 Å². The van der Waals surface area contributed by atoms with E-state index in [1.54, 1.807) is 0 Å². The van der Waals surface area contributed by atoms with E-state index in [2.05, 4.69) is 50.7 Å². The number of rotatable bonds is 1. The average molecular weight is 208 g/mol. The van der Waals surface area contributed by atoms with Crippen LogP contribution in [0.1, 0.15) is 20.3 Å². The predicted octanol–water partition coefficient (Wildman–Crippen LogP) is 3.66. The second-order valence-electron chi connectivity index (χ2n) is 3.40. The van der Waals surface area contributed by atoms with Crippen molar-refractivity contribution in [3.05, 3.63) is 0 Å². The van der Waals surface area contributed by atoms with Crippen LogP contribution in [0.25, 0.3) is 0 Å². The maximum absolute atomic E-state index is 2.39. The summed E-state index contributed by atoms with van der Waals surface area (Å²) in [4.78, 5) is 0. The second kappa shape index (κ2) is 4.39. The SMILES string of the molecule is C[C@@H]1C[C@H](C)SC(P(C)C)S1. The minimum Gasteiger partial charge on any atom is -0.140 e. The first-order chi connectivity index (χ1) is 5.09. The lowest BCUT2D eigenvalue weighted by Gasteiger charge is -2.32. The van der Waals surface area contributed by atoms with E-state index in [0.717, 1.165) is 14.8 Å². The molecule has 1 heterocycles. The molecule has 1 unspecified atom stereocenters. The average Bonchev–Trinajstić information content (AvgIpc) is 1.85. The third-order valence-electron chi connectivity index (χ3n) is 1.78. The lowest BCUT2D eigenvalue weighted by atomic mass is 10.3. The van der Waals surface area contributed by atoms with Crippen molar-refractivity contribution in [1.82, 2.24) is 0 Å². The van der Waals surface area contributed by atoms with E-state index in [9.17, 15) is 0 Å². The molecule has 0 nitrogen and oxygen atoms in total. The van der Waals surface area contributed by atoms with Crippen molar-refractivity contribution in [3.8, 4) is 0 Å². The lowest BCUT2D eigenvalue weighted by molar-refractivity contribution is 0.797. The maximum atomic E-state index is 2.39. The van der Waals surface area contributed by atoms with Crippen molar-refractivity contribution in [3.63, 3.8) is 0 Å². The molecule has 0 amide bonds. The van der Waals surface area contributed by atoms with Crippen LogP contribution in [-0.2, 0) is 0 Å². The lowest BCUT2D eigenvalue weighted by Crippen LogP contribution is -2.18. The van der Waals surface area contributed by atoms with Crippen LogP contribution in [0.4, 0.5) is 0 Å². The summed E-state index contributed by atoms with van der Waals surface area (Å²) in [7, 11) is 0.254. The van der Waals surface area contributed by atoms with Gasteiger partial charge >= 0.3 is 0 Å². The minimum absolute atomic E-state index is 0.254. The van der Waals surface area contributed by atoms with Gasteiger partial charge in [-0.05, 0) is 19.8 Å². The van der Waals surface area contributed by atoms with Gasteiger partial charge in [-0.3, -0.25) is 0 Å². The van der Waals surface area contributed by atoms with E-state index in [4.69, 9.17) is 0 Å². The number of hydrogen-bond donors (Lipinski definition) is 0. The first-order valence-corrected chi connectivity index (χ1v) is 8.26. The van der Waals surface area contributed by atoms with Gasteiger partial charge in [0.15, 0.2) is 0 Å². The highest BCUT2D eigenvalue weighted by Crippen LogP contribution is 2.53. The van der Waals surface area contributed by atoms with E-state index in [-0.39, 0.29) is 7.92 Å². The number of thioether (sulfide) groups is 2. The summed E-state index contributed by atoms with van der Waals surface area (Å²) in [5, 5.41) is 1.78. The Morgan fingerprint density at radius 3 is 1.91 bits per heavy atom. The van der Waals surface area contributed by atoms with Crippen LogP contribution in [0.3, 0.4) is 0 Å². The smallest absolute Gasteiger partial charge is 0.0695 e. The van der Waals surface area contributed by atoms with E-state index in [0.29, 0.717) is 0 Å². The largest absolute Gasteiger partial charge is 0.140 e. The maximum Gasteiger partial charge on any atom is 0.0695 e. The van der Waals surface area contributed by atoms with Gasteiger partial charge in [0, 0.05) is 10.5 Å². The van der Waals surface area contributed by atoms with Gasteiger partial charge in [0.1, 0.15) is 0 Å². The monoisotopic (exact) mass is 208 g/mol. The van der Waals surface area contributed by atoms with Crippen LogP contribution in [0.5, 0.6) is 0 Å². The van der Waals surface area contributed by atoms with Gasteiger partial charge in [0.2, 0.25) is 0 Å². The normalized spacial score (nSPS) is 39.5. The zero-order valence-electron chi connectivity index (χ0n) is 7.70. The van der Waals surface area contributed by atoms with E-state index in [1.807, 2.05) is 0 Å². The topological polar surface area (TPSA) is 0 Å². The fraction of sp³-hybridized carbons (Fsp3) is 1.00. The fourth-order valence-electron chi connectivity index (χ4n) is 1.25. The van der Waals surface area contributed by atoms with Crippen LogP contribution < -0.4 is 0 Å². The van der Waals surface area contributed by atoms with Crippen LogP contribution in [0.2, 0.25) is 0 Å². The van der Waals surface area contributed by atoms with Gasteiger partial charge < -0.3 is 0 Å². The molecule has 3 atom stereocenters. The van der Waals surface area contributed by atoms with Gasteiger partial charge in [0.05, 0.1) is 4.32 Å². The molecule has 1 aliphatic rings. The van der Waals surface area contributed by atoms with Crippen molar-refractivity contribution < 1.29 is 0 Å². The van der Waals surface area contributed by atoms with Gasteiger partial charge in [-0.1, -0.05) is 21.8 Å². The molecule has 1 rings (SSSR count). The van der Waals surface area contributed by atoms with Gasteiger partial charge in [0.25, 0.3) is 0 Å². The van der Waals surface area contributed by atoms with Crippen molar-refractivity contribution >= 4 is 31.4 Å². The highest BCUT2D eigenvalue weighted by molar-refractivity contribution is 8.24. The molecular weight excluding hydrogens is 191 g/mol. The molecule has 1 saturated heterocycles. The zero-order valence-corrected chi connectivity index (χ0v) is 10.2. The van der Waals surface area contributed by atoms with Crippen molar-refractivity contribution in [2.24, 2.45) is 0 Å². The Morgan fingerprint density at radius 1 is 1.09 bits per heavy atom. The molecule has 3 heteroatoms. The Kier molecular flexibility index (Phi) is 4.08. The third kappa shape index (κ3) is 3.16. The summed E-state index contributed by atoms with van der Waals surface area (Å²) in [6.45, 7) is 9.52. The van der Waals surface area contributed by atoms with Crippen molar-refractivity contribution in [2.45, 2.75) is 35.1 Å². The second-order valence-corrected chi connectivity index (χ2v) is 9.94. The number of hydrogen-bond acceptors (Lipinski definition) is 2. The Bertz CT molecular complexity index is 117. The highest BCUT2D eigenvalue weighted by atomic mass is 32.2. The molecule has 0 aromatic heterocycles. The van der Waals surface area contributed by atoms with Gasteiger partial charge in [-0.2, -0.15) is 0 Å². The Labute approximate surface area is 80.0 Å². The molecule has 0 radical (unpaired) electrons. The molecule has 0 bridgehead atoms. The summed E-state index contributed by atoms with van der Waals surface area (Å²) < 4.78 is 0.906. The third-order valence-corrected chi connectivity index (χ3v) is 8.33. The predicted molar refractivity (Wildman–Crippen MR) is 61.3 cm³/mol. The molecule has 0 saturated carbocycles. The first kappa shape index (κ1) is 10.2. The summed E-state index contributed by atoms with van der Waals surface area (Å²) in [6, 6.07) is 0. The zero-order chi connectivity index (χ0) is 8.43. The molecule has 1 fully saturated rings. The molecule has 0 aliphatic carbocycles. The summed E-state index contributed by atoms with van der Waals surface area (Å²) in [5.74, 6) is 0. The molecule has 11 heavy (non-hydrogen) atoms. The molecule has 0 aromatic carbocycles. The fourth-order valence-corrected chi connectivity index (χ4v) is 7.56. The highest BCUT2D eigenvalue weighted by Gasteiger charge is 2.26. The Morgan fingerprint density at radius 2 is 1.55 bits per heavy atom. The summed E-state index contributed by atoms with van der Waals surface area (Å²) in [5.41, 5.74) is 0. The van der Waals surface area contributed by atoms with Crippen molar-refractivity contribution in [2.75, 3.05) is 13.3 Å². The standard InChI is InChI=1S/C8H17PS2/c1-6-5-7(2)11-8(10-6)9(3)4/h6-8H,5H2,1-4H3/t6-,7+,8?. The van der Waals surface area contributed by atoms with E-state index in [1.165, 1.54) is 6.42 Å². The van der Waals surface area contributed by atoms with Crippen LogP contribution >= 0.6 is 31.4 Å². The van der Waals surface area contributed by atoms with Gasteiger partial charge in [-0.25, -0.2) is 0 Å².